The van der Waals surface area contributed by atoms with E-state index in [1.54, 1.807) is 4.90 Å². The van der Waals surface area contributed by atoms with E-state index >= 15 is 0 Å². The Hall–Kier alpha value is -1.11. The quantitative estimate of drug-likeness (QED) is 0.282. The molecule has 38 heavy (non-hydrogen) atoms. The summed E-state index contributed by atoms with van der Waals surface area (Å²) in [5, 5.41) is 28.3. The number of hydrogen-bond donors (Lipinski definition) is 4. The van der Waals surface area contributed by atoms with E-state index in [9.17, 15) is 29.8 Å². The van der Waals surface area contributed by atoms with E-state index in [0.717, 1.165) is 12.0 Å². The fraction of sp³-hybridized carbons (Fsp3) is 0.680. The number of aliphatic hydroxyl groups is 1. The molecule has 1 fully saturated rings. The van der Waals surface area contributed by atoms with Crippen LogP contribution in [0.25, 0.3) is 0 Å². The number of carbonyl (C=O) groups is 2. The molecule has 0 saturated carbocycles. The van der Waals surface area contributed by atoms with Crippen LogP contribution in [0.2, 0.25) is 0 Å². The largest absolute Gasteiger partial charge is 0.480 e. The zero-order chi connectivity index (χ0) is 26.9. The molecule has 1 aromatic rings. The standard InChI is InChI=1S/C23H39N4O6P.C2H6.H2O.V/c1-2-20-3-5-21(6-4-20)17-34(33)19-27-13-10-25(16-23(31)32)8-7-24(15-22(29)30)9-11-26(18-28)12-14-27;1-2;;/h3-6,28,33H,2,7-19H2,1H3,(H,29,30)(H,31,32);1-2H3;1H2;. The summed E-state index contributed by atoms with van der Waals surface area (Å²) in [5.74, 6) is -1.85. The van der Waals surface area contributed by atoms with Gasteiger partial charge in [-0.15, -0.1) is 0 Å². The fourth-order valence-corrected chi connectivity index (χ4v) is 5.41. The minimum Gasteiger partial charge on any atom is -0.480 e. The fourth-order valence-electron chi connectivity index (χ4n) is 3.93. The molecule has 1 aliphatic heterocycles. The van der Waals surface area contributed by atoms with Gasteiger partial charge in [-0.3, -0.25) is 29.2 Å². The van der Waals surface area contributed by atoms with Crippen molar-refractivity contribution >= 4 is 20.1 Å². The van der Waals surface area contributed by atoms with Gasteiger partial charge < -0.3 is 25.7 Å². The van der Waals surface area contributed by atoms with E-state index < -0.39 is 20.1 Å². The number of hydrogen-bond acceptors (Lipinski definition) is 8. The molecule has 1 saturated heterocycles. The van der Waals surface area contributed by atoms with Gasteiger partial charge in [0.15, 0.2) is 0 Å². The van der Waals surface area contributed by atoms with E-state index in [1.807, 2.05) is 23.6 Å². The number of aliphatic hydroxyl groups excluding tert-OH is 1. The first-order chi connectivity index (χ1) is 17.3. The number of benzene rings is 1. The Kier molecular flexibility index (Phi) is 23.3. The van der Waals surface area contributed by atoms with Crippen molar-refractivity contribution in [3.05, 3.63) is 35.4 Å². The van der Waals surface area contributed by atoms with Crippen molar-refractivity contribution in [1.82, 2.24) is 19.6 Å². The molecule has 6 N–H and O–H groups in total. The summed E-state index contributed by atoms with van der Waals surface area (Å²) in [7, 11) is -1.27. The van der Waals surface area contributed by atoms with Crippen molar-refractivity contribution in [2.24, 2.45) is 0 Å². The Labute approximate surface area is 240 Å². The first kappa shape index (κ1) is 39.0. The zero-order valence-corrected chi connectivity index (χ0v) is 25.3. The summed E-state index contributed by atoms with van der Waals surface area (Å²) >= 11 is 0. The van der Waals surface area contributed by atoms with Crippen LogP contribution in [0.5, 0.6) is 0 Å². The van der Waals surface area contributed by atoms with Crippen molar-refractivity contribution in [3.8, 4) is 0 Å². The van der Waals surface area contributed by atoms with Gasteiger partial charge in [-0.25, -0.2) is 0 Å². The van der Waals surface area contributed by atoms with Crippen LogP contribution in [-0.2, 0) is 40.7 Å². The number of nitrogens with zero attached hydrogens (tertiary/aromatic N) is 4. The predicted octanol–water partition coefficient (Wildman–Crippen LogP) is 0.635. The number of rotatable bonds is 10. The molecule has 2 rings (SSSR count). The van der Waals surface area contributed by atoms with Gasteiger partial charge in [0.05, 0.1) is 19.8 Å². The maximum Gasteiger partial charge on any atom is 0.317 e. The predicted molar refractivity (Wildman–Crippen MR) is 147 cm³/mol. The first-order valence-corrected chi connectivity index (χ1v) is 14.4. The molecule has 0 aliphatic carbocycles. The van der Waals surface area contributed by atoms with Crippen LogP contribution in [-0.4, -0.2) is 136 Å². The molecule has 219 valence electrons. The summed E-state index contributed by atoms with van der Waals surface area (Å²) in [6.07, 6.45) is 2.09. The van der Waals surface area contributed by atoms with Crippen LogP contribution < -0.4 is 0 Å². The van der Waals surface area contributed by atoms with Crippen molar-refractivity contribution in [2.75, 3.05) is 78.5 Å². The molecule has 1 aliphatic rings. The van der Waals surface area contributed by atoms with E-state index in [-0.39, 0.29) is 43.9 Å². The van der Waals surface area contributed by atoms with Crippen LogP contribution in [0.4, 0.5) is 0 Å². The number of aryl methyl sites for hydroxylation is 1. The monoisotopic (exact) mass is 597 g/mol. The Morgan fingerprint density at radius 3 is 1.50 bits per heavy atom. The summed E-state index contributed by atoms with van der Waals surface area (Å²) in [5.41, 5.74) is 2.36. The van der Waals surface area contributed by atoms with Gasteiger partial charge in [-0.1, -0.05) is 45.0 Å². The molecule has 0 amide bonds. The summed E-state index contributed by atoms with van der Waals surface area (Å²) in [6.45, 7) is 9.86. The third kappa shape index (κ3) is 16.8. The summed E-state index contributed by atoms with van der Waals surface area (Å²) in [6, 6.07) is 8.30. The Morgan fingerprint density at radius 1 is 0.763 bits per heavy atom. The summed E-state index contributed by atoms with van der Waals surface area (Å²) in [4.78, 5) is 41.0. The number of carboxylic acid groups (broad SMARTS) is 2. The minimum atomic E-state index is -1.27. The van der Waals surface area contributed by atoms with Crippen molar-refractivity contribution in [3.63, 3.8) is 0 Å². The molecule has 13 heteroatoms. The van der Waals surface area contributed by atoms with Crippen LogP contribution in [0, 0.1) is 0 Å². The first-order valence-electron chi connectivity index (χ1n) is 12.7. The molecule has 11 nitrogen and oxygen atoms in total. The molecule has 1 unspecified atom stereocenters. The number of aliphatic carboxylic acids is 2. The second kappa shape index (κ2) is 22.7. The second-order valence-electron chi connectivity index (χ2n) is 8.69. The maximum atomic E-state index is 11.4. The molecule has 1 radical (unpaired) electrons. The molecule has 1 aromatic carbocycles. The Bertz CT molecular complexity index is 764. The molecule has 1 atom stereocenters. The SMILES string of the molecule is CC.CCc1ccc(CP(O)CN2CCN(CO)CCN(CC(=O)O)CCN(CC(=O)O)CC2)cc1.O.[V]. The van der Waals surface area contributed by atoms with Gasteiger partial charge in [0.1, 0.15) is 0 Å². The van der Waals surface area contributed by atoms with E-state index in [0.29, 0.717) is 64.8 Å². The van der Waals surface area contributed by atoms with Crippen molar-refractivity contribution in [1.29, 1.82) is 0 Å². The van der Waals surface area contributed by atoms with E-state index in [4.69, 9.17) is 0 Å². The van der Waals surface area contributed by atoms with E-state index in [1.165, 1.54) is 5.56 Å². The van der Waals surface area contributed by atoms with Gasteiger partial charge in [0.25, 0.3) is 0 Å². The third-order valence-corrected chi connectivity index (χ3v) is 7.46. The smallest absolute Gasteiger partial charge is 0.317 e. The normalized spacial score (nSPS) is 17.4. The van der Waals surface area contributed by atoms with Crippen molar-refractivity contribution in [2.45, 2.75) is 33.4 Å². The van der Waals surface area contributed by atoms with Crippen LogP contribution >= 0.6 is 8.15 Å². The zero-order valence-electron chi connectivity index (χ0n) is 23.0. The van der Waals surface area contributed by atoms with Crippen molar-refractivity contribution < 1.29 is 53.8 Å². The van der Waals surface area contributed by atoms with Gasteiger partial charge in [0, 0.05) is 91.5 Å². The molecule has 0 aromatic heterocycles. The molecule has 0 bridgehead atoms. The van der Waals surface area contributed by atoms with Gasteiger partial charge in [0.2, 0.25) is 0 Å². The van der Waals surface area contributed by atoms with Gasteiger partial charge in [-0.2, -0.15) is 0 Å². The molecular formula is C25H47N4O7PV. The average molecular weight is 598 g/mol. The Balaban J connectivity index is 0. The second-order valence-corrected chi connectivity index (χ2v) is 10.3. The van der Waals surface area contributed by atoms with Crippen LogP contribution in [0.3, 0.4) is 0 Å². The van der Waals surface area contributed by atoms with Crippen LogP contribution in [0.15, 0.2) is 24.3 Å². The van der Waals surface area contributed by atoms with Gasteiger partial charge >= 0.3 is 11.9 Å². The average Bonchev–Trinajstić information content (AvgIpc) is 2.85. The maximum absolute atomic E-state index is 11.4. The molecule has 0 spiro atoms. The molecular weight excluding hydrogens is 550 g/mol. The van der Waals surface area contributed by atoms with Crippen LogP contribution in [0.1, 0.15) is 31.9 Å². The Morgan fingerprint density at radius 2 is 1.13 bits per heavy atom. The summed E-state index contributed by atoms with van der Waals surface area (Å²) < 4.78 is 0. The third-order valence-electron chi connectivity index (χ3n) is 6.01. The van der Waals surface area contributed by atoms with Gasteiger partial charge in [-0.05, 0) is 17.5 Å². The van der Waals surface area contributed by atoms with E-state index in [2.05, 4.69) is 36.1 Å². The number of carboxylic acids is 2. The topological polar surface area (TPSA) is 160 Å². The minimum absolute atomic E-state index is 0. The molecule has 1 heterocycles.